The highest BCUT2D eigenvalue weighted by Gasteiger charge is 2.10. The zero-order valence-electron chi connectivity index (χ0n) is 13.4. The van der Waals surface area contributed by atoms with Crippen molar-refractivity contribution in [2.45, 2.75) is 27.7 Å². The van der Waals surface area contributed by atoms with Crippen molar-refractivity contribution in [3.05, 3.63) is 64.2 Å². The standard InChI is InChI=1S/C19H24OSi/c1-13-7-5-9-18(16(13)4)21-19-15(3)11-10-14(2)17(19)8-6-12-20/h5-11,20H,12,21H2,1-4H3. The third-order valence-electron chi connectivity index (χ3n) is 4.28. The molecule has 0 unspecified atom stereocenters. The van der Waals surface area contributed by atoms with Gasteiger partial charge in [0.2, 0.25) is 0 Å². The fourth-order valence-electron chi connectivity index (χ4n) is 2.72. The molecule has 0 saturated carbocycles. The van der Waals surface area contributed by atoms with Crippen LogP contribution in [0.4, 0.5) is 0 Å². The largest absolute Gasteiger partial charge is 0.392 e. The van der Waals surface area contributed by atoms with E-state index >= 15 is 0 Å². The summed E-state index contributed by atoms with van der Waals surface area (Å²) < 4.78 is 0. The summed E-state index contributed by atoms with van der Waals surface area (Å²) in [6, 6.07) is 11.0. The summed E-state index contributed by atoms with van der Waals surface area (Å²) in [4.78, 5) is 0. The number of benzene rings is 2. The first-order valence-corrected chi connectivity index (χ1v) is 8.87. The normalized spacial score (nSPS) is 11.9. The molecule has 0 bridgehead atoms. The van der Waals surface area contributed by atoms with E-state index in [1.54, 1.807) is 0 Å². The molecule has 2 aromatic rings. The zero-order chi connectivity index (χ0) is 15.4. The van der Waals surface area contributed by atoms with Gasteiger partial charge in [-0.25, -0.2) is 0 Å². The molecule has 2 aromatic carbocycles. The van der Waals surface area contributed by atoms with Gasteiger partial charge < -0.3 is 5.11 Å². The second-order valence-electron chi connectivity index (χ2n) is 5.71. The fourth-order valence-corrected chi connectivity index (χ4v) is 4.88. The summed E-state index contributed by atoms with van der Waals surface area (Å²) in [6.45, 7) is 8.85. The molecule has 0 saturated heterocycles. The molecular formula is C19H24OSi. The summed E-state index contributed by atoms with van der Waals surface area (Å²) in [5.41, 5.74) is 6.76. The van der Waals surface area contributed by atoms with Crippen LogP contribution in [0, 0.1) is 27.7 Å². The lowest BCUT2D eigenvalue weighted by molar-refractivity contribution is 0.343. The number of hydrogen-bond acceptors (Lipinski definition) is 1. The Bertz CT molecular complexity index is 672. The van der Waals surface area contributed by atoms with Crippen LogP contribution in [0.1, 0.15) is 27.8 Å². The molecule has 0 amide bonds. The Morgan fingerprint density at radius 1 is 0.952 bits per heavy atom. The van der Waals surface area contributed by atoms with Crippen LogP contribution >= 0.6 is 0 Å². The molecule has 1 N–H and O–H groups in total. The van der Waals surface area contributed by atoms with E-state index in [1.807, 2.05) is 6.08 Å². The Morgan fingerprint density at radius 2 is 1.67 bits per heavy atom. The highest BCUT2D eigenvalue weighted by atomic mass is 28.2. The van der Waals surface area contributed by atoms with Gasteiger partial charge in [0, 0.05) is 0 Å². The molecule has 0 spiro atoms. The summed E-state index contributed by atoms with van der Waals surface area (Å²) in [6.07, 6.45) is 3.92. The van der Waals surface area contributed by atoms with Gasteiger partial charge in [-0.15, -0.1) is 0 Å². The van der Waals surface area contributed by atoms with Crippen LogP contribution in [-0.2, 0) is 0 Å². The molecule has 0 aromatic heterocycles. The van der Waals surface area contributed by atoms with Crippen LogP contribution in [0.15, 0.2) is 36.4 Å². The van der Waals surface area contributed by atoms with Gasteiger partial charge in [-0.3, -0.25) is 0 Å². The second kappa shape index (κ2) is 6.88. The maximum Gasteiger partial charge on any atom is 0.0890 e. The average Bonchev–Trinajstić information content (AvgIpc) is 2.47. The Hall–Kier alpha value is -1.64. The highest BCUT2D eigenvalue weighted by Crippen LogP contribution is 2.11. The van der Waals surface area contributed by atoms with Gasteiger partial charge in [0.25, 0.3) is 0 Å². The van der Waals surface area contributed by atoms with Crippen molar-refractivity contribution < 1.29 is 5.11 Å². The van der Waals surface area contributed by atoms with Gasteiger partial charge in [-0.2, -0.15) is 0 Å². The SMILES string of the molecule is Cc1cccc([SiH2]c2c(C)ccc(C)c2C=CCO)c1C. The van der Waals surface area contributed by atoms with Crippen LogP contribution in [0.3, 0.4) is 0 Å². The van der Waals surface area contributed by atoms with Gasteiger partial charge in [0.1, 0.15) is 0 Å². The van der Waals surface area contributed by atoms with Crippen molar-refractivity contribution >= 4 is 26.0 Å². The van der Waals surface area contributed by atoms with Crippen molar-refractivity contribution in [2.75, 3.05) is 6.61 Å². The number of rotatable bonds is 4. The Labute approximate surface area is 130 Å². The van der Waals surface area contributed by atoms with Gasteiger partial charge in [-0.05, 0) is 49.9 Å². The van der Waals surface area contributed by atoms with Crippen LogP contribution in [0.2, 0.25) is 0 Å². The van der Waals surface area contributed by atoms with Crippen LogP contribution < -0.4 is 10.4 Å². The molecule has 0 fully saturated rings. The third-order valence-corrected chi connectivity index (χ3v) is 6.72. The quantitative estimate of drug-likeness (QED) is 0.856. The molecule has 2 rings (SSSR count). The second-order valence-corrected chi connectivity index (χ2v) is 7.53. The molecule has 1 nitrogen and oxygen atoms in total. The molecule has 110 valence electrons. The van der Waals surface area contributed by atoms with Crippen molar-refractivity contribution in [3.63, 3.8) is 0 Å². The minimum Gasteiger partial charge on any atom is -0.392 e. The van der Waals surface area contributed by atoms with E-state index in [-0.39, 0.29) is 6.61 Å². The molecule has 2 heteroatoms. The van der Waals surface area contributed by atoms with E-state index in [4.69, 9.17) is 5.11 Å². The van der Waals surface area contributed by atoms with Crippen molar-refractivity contribution in [2.24, 2.45) is 0 Å². The highest BCUT2D eigenvalue weighted by molar-refractivity contribution is 6.69. The number of aliphatic hydroxyl groups is 1. The molecular weight excluding hydrogens is 272 g/mol. The zero-order valence-corrected chi connectivity index (χ0v) is 14.8. The van der Waals surface area contributed by atoms with E-state index in [0.29, 0.717) is 0 Å². The molecule has 0 heterocycles. The molecule has 0 aliphatic heterocycles. The first-order chi connectivity index (χ1) is 10.0. The van der Waals surface area contributed by atoms with E-state index < -0.39 is 9.52 Å². The van der Waals surface area contributed by atoms with Gasteiger partial charge in [0.05, 0.1) is 16.1 Å². The fraction of sp³-hybridized carbons (Fsp3) is 0.263. The number of aliphatic hydroxyl groups excluding tert-OH is 1. The van der Waals surface area contributed by atoms with Crippen molar-refractivity contribution in [1.29, 1.82) is 0 Å². The lowest BCUT2D eigenvalue weighted by atomic mass is 10.0. The first-order valence-electron chi connectivity index (χ1n) is 7.46. The Balaban J connectivity index is 2.50. The third kappa shape index (κ3) is 3.52. The molecule has 21 heavy (non-hydrogen) atoms. The topological polar surface area (TPSA) is 20.2 Å². The van der Waals surface area contributed by atoms with E-state index in [0.717, 1.165) is 0 Å². The van der Waals surface area contributed by atoms with Gasteiger partial charge >= 0.3 is 0 Å². The number of hydrogen-bond donors (Lipinski definition) is 1. The smallest absolute Gasteiger partial charge is 0.0890 e. The lowest BCUT2D eigenvalue weighted by Gasteiger charge is -2.15. The van der Waals surface area contributed by atoms with E-state index in [1.165, 1.54) is 38.2 Å². The number of aryl methyl sites for hydroxylation is 3. The van der Waals surface area contributed by atoms with Gasteiger partial charge in [0.15, 0.2) is 0 Å². The van der Waals surface area contributed by atoms with E-state index in [2.05, 4.69) is 64.1 Å². The summed E-state index contributed by atoms with van der Waals surface area (Å²) in [5, 5.41) is 12.1. The summed E-state index contributed by atoms with van der Waals surface area (Å²) in [5.74, 6) is 0. The molecule has 0 atom stereocenters. The van der Waals surface area contributed by atoms with Crippen molar-refractivity contribution in [3.8, 4) is 0 Å². The van der Waals surface area contributed by atoms with Crippen molar-refractivity contribution in [1.82, 2.24) is 0 Å². The minimum atomic E-state index is -0.525. The van der Waals surface area contributed by atoms with Crippen LogP contribution in [0.25, 0.3) is 6.08 Å². The maximum atomic E-state index is 9.07. The van der Waals surface area contributed by atoms with Crippen LogP contribution in [-0.4, -0.2) is 21.2 Å². The summed E-state index contributed by atoms with van der Waals surface area (Å²) >= 11 is 0. The molecule has 0 radical (unpaired) electrons. The predicted molar refractivity (Wildman–Crippen MR) is 95.8 cm³/mol. The van der Waals surface area contributed by atoms with Crippen LogP contribution in [0.5, 0.6) is 0 Å². The predicted octanol–water partition coefficient (Wildman–Crippen LogP) is 2.05. The van der Waals surface area contributed by atoms with E-state index in [9.17, 15) is 0 Å². The first kappa shape index (κ1) is 15.7. The minimum absolute atomic E-state index is 0.0951. The lowest BCUT2D eigenvalue weighted by Crippen LogP contribution is -2.33. The van der Waals surface area contributed by atoms with Gasteiger partial charge in [-0.1, -0.05) is 58.4 Å². The monoisotopic (exact) mass is 296 g/mol. The molecule has 0 aliphatic carbocycles. The molecule has 0 aliphatic rings. The summed E-state index contributed by atoms with van der Waals surface area (Å²) in [7, 11) is -0.525. The maximum absolute atomic E-state index is 9.07. The Kier molecular flexibility index (Phi) is 5.15. The Morgan fingerprint density at radius 3 is 2.38 bits per heavy atom. The average molecular weight is 296 g/mol.